The van der Waals surface area contributed by atoms with Crippen LogP contribution in [0.15, 0.2) is 0 Å². The third kappa shape index (κ3) is 1.95. The second kappa shape index (κ2) is 3.18. The zero-order chi connectivity index (χ0) is 6.69. The summed E-state index contributed by atoms with van der Waals surface area (Å²) in [6, 6.07) is 0.764. The number of hydrogen-bond acceptors (Lipinski definition) is 2. The van der Waals surface area contributed by atoms with E-state index in [2.05, 4.69) is 24.2 Å². The minimum Gasteiger partial charge on any atom is -0.313 e. The SMILES string of the molecule is CCNC1CCN(C)C1. The number of nitrogens with zero attached hydrogens (tertiary/aromatic N) is 1. The normalized spacial score (nSPS) is 29.3. The van der Waals surface area contributed by atoms with Crippen molar-refractivity contribution >= 4 is 0 Å². The Morgan fingerprint density at radius 2 is 2.44 bits per heavy atom. The maximum absolute atomic E-state index is 3.43. The first-order chi connectivity index (χ1) is 4.33. The fraction of sp³-hybridized carbons (Fsp3) is 1.00. The van der Waals surface area contributed by atoms with Crippen LogP contribution in [0.2, 0.25) is 0 Å². The molecular weight excluding hydrogens is 112 g/mol. The summed E-state index contributed by atoms with van der Waals surface area (Å²) in [4.78, 5) is 2.37. The molecule has 1 fully saturated rings. The minimum atomic E-state index is 0.764. The summed E-state index contributed by atoms with van der Waals surface area (Å²) in [7, 11) is 2.18. The summed E-state index contributed by atoms with van der Waals surface area (Å²) >= 11 is 0. The summed E-state index contributed by atoms with van der Waals surface area (Å²) in [6.45, 7) is 5.77. The highest BCUT2D eigenvalue weighted by Crippen LogP contribution is 2.04. The molecule has 1 aliphatic rings. The van der Waals surface area contributed by atoms with Gasteiger partial charge in [0.15, 0.2) is 0 Å². The lowest BCUT2D eigenvalue weighted by Crippen LogP contribution is -2.30. The van der Waals surface area contributed by atoms with Crippen LogP contribution in [0.5, 0.6) is 0 Å². The van der Waals surface area contributed by atoms with Crippen LogP contribution in [0.4, 0.5) is 0 Å². The van der Waals surface area contributed by atoms with Crippen LogP contribution >= 0.6 is 0 Å². The highest BCUT2D eigenvalue weighted by atomic mass is 15.2. The third-order valence-corrected chi connectivity index (χ3v) is 1.88. The van der Waals surface area contributed by atoms with Crippen LogP contribution in [0.3, 0.4) is 0 Å². The van der Waals surface area contributed by atoms with E-state index in [0.717, 1.165) is 12.6 Å². The van der Waals surface area contributed by atoms with E-state index in [-0.39, 0.29) is 0 Å². The summed E-state index contributed by atoms with van der Waals surface area (Å²) < 4.78 is 0. The predicted molar refractivity (Wildman–Crippen MR) is 39.6 cm³/mol. The van der Waals surface area contributed by atoms with E-state index in [4.69, 9.17) is 0 Å². The van der Waals surface area contributed by atoms with Gasteiger partial charge in [-0.05, 0) is 26.6 Å². The Hall–Kier alpha value is -0.0800. The maximum atomic E-state index is 3.43. The van der Waals surface area contributed by atoms with Gasteiger partial charge in [-0.25, -0.2) is 0 Å². The van der Waals surface area contributed by atoms with E-state index >= 15 is 0 Å². The van der Waals surface area contributed by atoms with Gasteiger partial charge in [0.1, 0.15) is 0 Å². The molecule has 54 valence electrons. The molecule has 1 atom stereocenters. The summed E-state index contributed by atoms with van der Waals surface area (Å²) in [5, 5.41) is 3.43. The number of rotatable bonds is 2. The molecule has 9 heavy (non-hydrogen) atoms. The van der Waals surface area contributed by atoms with Gasteiger partial charge in [0.05, 0.1) is 0 Å². The van der Waals surface area contributed by atoms with Crippen molar-refractivity contribution in [2.45, 2.75) is 19.4 Å². The maximum Gasteiger partial charge on any atom is 0.0206 e. The van der Waals surface area contributed by atoms with E-state index in [9.17, 15) is 0 Å². The first-order valence-corrected chi connectivity index (χ1v) is 3.75. The molecule has 0 amide bonds. The van der Waals surface area contributed by atoms with Gasteiger partial charge >= 0.3 is 0 Å². The van der Waals surface area contributed by atoms with Gasteiger partial charge < -0.3 is 10.2 Å². The van der Waals surface area contributed by atoms with E-state index in [1.807, 2.05) is 0 Å². The molecule has 0 radical (unpaired) electrons. The topological polar surface area (TPSA) is 15.3 Å². The van der Waals surface area contributed by atoms with E-state index in [1.54, 1.807) is 0 Å². The van der Waals surface area contributed by atoms with Crippen LogP contribution in [-0.4, -0.2) is 37.6 Å². The quantitative estimate of drug-likeness (QED) is 0.575. The lowest BCUT2D eigenvalue weighted by molar-refractivity contribution is 0.400. The van der Waals surface area contributed by atoms with Crippen LogP contribution in [-0.2, 0) is 0 Å². The summed E-state index contributed by atoms with van der Waals surface area (Å²) in [5.41, 5.74) is 0. The van der Waals surface area contributed by atoms with Crippen LogP contribution in [0.1, 0.15) is 13.3 Å². The Kier molecular flexibility index (Phi) is 2.49. The Balaban J connectivity index is 2.14. The second-order valence-electron chi connectivity index (χ2n) is 2.81. The van der Waals surface area contributed by atoms with E-state index < -0.39 is 0 Å². The average molecular weight is 128 g/mol. The number of likely N-dealkylation sites (N-methyl/N-ethyl adjacent to an activating group) is 2. The number of nitrogens with one attached hydrogen (secondary N) is 1. The van der Waals surface area contributed by atoms with Crippen molar-refractivity contribution in [2.75, 3.05) is 26.7 Å². The van der Waals surface area contributed by atoms with E-state index in [0.29, 0.717) is 0 Å². The van der Waals surface area contributed by atoms with Crippen LogP contribution < -0.4 is 5.32 Å². The highest BCUT2D eigenvalue weighted by Gasteiger charge is 2.17. The Bertz CT molecular complexity index is 81.0. The molecule has 0 aliphatic carbocycles. The fourth-order valence-corrected chi connectivity index (χ4v) is 1.39. The Morgan fingerprint density at radius 1 is 1.67 bits per heavy atom. The van der Waals surface area contributed by atoms with Gasteiger partial charge in [-0.1, -0.05) is 6.92 Å². The molecule has 1 N–H and O–H groups in total. The fourth-order valence-electron chi connectivity index (χ4n) is 1.39. The van der Waals surface area contributed by atoms with Gasteiger partial charge in [0.2, 0.25) is 0 Å². The van der Waals surface area contributed by atoms with Crippen molar-refractivity contribution in [1.82, 2.24) is 10.2 Å². The molecule has 0 aromatic rings. The van der Waals surface area contributed by atoms with Crippen molar-refractivity contribution in [3.8, 4) is 0 Å². The molecule has 2 heteroatoms. The molecule has 1 saturated heterocycles. The smallest absolute Gasteiger partial charge is 0.0206 e. The molecule has 1 unspecified atom stereocenters. The molecule has 0 aromatic carbocycles. The molecule has 2 nitrogen and oxygen atoms in total. The van der Waals surface area contributed by atoms with Crippen molar-refractivity contribution in [2.24, 2.45) is 0 Å². The number of likely N-dealkylation sites (tertiary alicyclic amines) is 1. The summed E-state index contributed by atoms with van der Waals surface area (Å²) in [5.74, 6) is 0. The highest BCUT2D eigenvalue weighted by molar-refractivity contribution is 4.77. The summed E-state index contributed by atoms with van der Waals surface area (Å²) in [6.07, 6.45) is 1.32. The molecule has 0 bridgehead atoms. The molecule has 0 aromatic heterocycles. The third-order valence-electron chi connectivity index (χ3n) is 1.88. The molecule has 0 spiro atoms. The largest absolute Gasteiger partial charge is 0.313 e. The van der Waals surface area contributed by atoms with Crippen molar-refractivity contribution in [3.05, 3.63) is 0 Å². The Labute approximate surface area is 57.2 Å². The first-order valence-electron chi connectivity index (χ1n) is 3.75. The standard InChI is InChI=1S/C7H16N2/c1-3-8-7-4-5-9(2)6-7/h7-8H,3-6H2,1-2H3. The molecule has 1 aliphatic heterocycles. The zero-order valence-corrected chi connectivity index (χ0v) is 6.35. The first kappa shape index (κ1) is 7.03. The Morgan fingerprint density at radius 3 is 2.89 bits per heavy atom. The monoisotopic (exact) mass is 128 g/mol. The zero-order valence-electron chi connectivity index (χ0n) is 6.35. The minimum absolute atomic E-state index is 0.764. The molecule has 1 rings (SSSR count). The van der Waals surface area contributed by atoms with E-state index in [1.165, 1.54) is 19.5 Å². The van der Waals surface area contributed by atoms with Crippen molar-refractivity contribution < 1.29 is 0 Å². The van der Waals surface area contributed by atoms with Gasteiger partial charge in [0.25, 0.3) is 0 Å². The lowest BCUT2D eigenvalue weighted by Gasteiger charge is -2.09. The average Bonchev–Trinajstić information content (AvgIpc) is 2.17. The van der Waals surface area contributed by atoms with Crippen molar-refractivity contribution in [1.29, 1.82) is 0 Å². The van der Waals surface area contributed by atoms with Crippen LogP contribution in [0.25, 0.3) is 0 Å². The number of hydrogen-bond donors (Lipinski definition) is 1. The van der Waals surface area contributed by atoms with Gasteiger partial charge in [-0.3, -0.25) is 0 Å². The molecule has 1 heterocycles. The second-order valence-corrected chi connectivity index (χ2v) is 2.81. The molecular formula is C7H16N2. The van der Waals surface area contributed by atoms with Gasteiger partial charge in [-0.15, -0.1) is 0 Å². The van der Waals surface area contributed by atoms with Crippen molar-refractivity contribution in [3.63, 3.8) is 0 Å². The predicted octanol–water partition coefficient (Wildman–Crippen LogP) is 0.300. The molecule has 0 saturated carbocycles. The van der Waals surface area contributed by atoms with Gasteiger partial charge in [-0.2, -0.15) is 0 Å². The van der Waals surface area contributed by atoms with Crippen LogP contribution in [0, 0.1) is 0 Å². The lowest BCUT2D eigenvalue weighted by atomic mass is 10.3. The van der Waals surface area contributed by atoms with Gasteiger partial charge in [0, 0.05) is 12.6 Å².